The van der Waals surface area contributed by atoms with Crippen molar-refractivity contribution in [2.45, 2.75) is 19.4 Å². The maximum absolute atomic E-state index is 13.3. The third-order valence-electron chi connectivity index (χ3n) is 6.80. The second-order valence-electron chi connectivity index (χ2n) is 9.57. The van der Waals surface area contributed by atoms with Gasteiger partial charge in [-0.3, -0.25) is 24.6 Å². The number of ether oxygens (including phenoxy) is 1. The van der Waals surface area contributed by atoms with Crippen molar-refractivity contribution in [2.24, 2.45) is 5.92 Å². The number of anilines is 2. The second kappa shape index (κ2) is 10.1. The Morgan fingerprint density at radius 3 is 2.54 bits per heavy atom. The number of hydrogen-bond donors (Lipinski definition) is 3. The Balaban J connectivity index is 1.23. The summed E-state index contributed by atoms with van der Waals surface area (Å²) in [4.78, 5) is 32.4. The highest BCUT2D eigenvalue weighted by molar-refractivity contribution is 6.13. The number of hydrogen-bond acceptors (Lipinski definition) is 6. The SMILES string of the molecule is O=C(Nc1ccccc1NC(=O)C1CC1)c1n[nH]c2ccc(-c3cncc(CN4CCOCC4)c3)cc12. The number of pyridine rings is 1. The first-order valence-corrected chi connectivity index (χ1v) is 12.6. The maximum Gasteiger partial charge on any atom is 0.276 e. The Labute approximate surface area is 214 Å². The predicted molar refractivity (Wildman–Crippen MR) is 141 cm³/mol. The van der Waals surface area contributed by atoms with Crippen LogP contribution in [0.5, 0.6) is 0 Å². The summed E-state index contributed by atoms with van der Waals surface area (Å²) in [5, 5.41) is 13.8. The highest BCUT2D eigenvalue weighted by Gasteiger charge is 2.30. The third kappa shape index (κ3) is 5.23. The quantitative estimate of drug-likeness (QED) is 0.356. The van der Waals surface area contributed by atoms with Crippen LogP contribution in [0.15, 0.2) is 60.9 Å². The zero-order chi connectivity index (χ0) is 25.2. The molecule has 0 spiro atoms. The molecule has 1 saturated heterocycles. The zero-order valence-electron chi connectivity index (χ0n) is 20.4. The van der Waals surface area contributed by atoms with Gasteiger partial charge in [0.25, 0.3) is 5.91 Å². The number of rotatable bonds is 7. The first kappa shape index (κ1) is 23.3. The monoisotopic (exact) mass is 496 g/mol. The topological polar surface area (TPSA) is 112 Å². The van der Waals surface area contributed by atoms with Crippen molar-refractivity contribution in [3.05, 3.63) is 72.2 Å². The number of fused-ring (bicyclic) bond motifs is 1. The summed E-state index contributed by atoms with van der Waals surface area (Å²) in [6.45, 7) is 4.16. The van der Waals surface area contributed by atoms with Crippen LogP contribution in [0.4, 0.5) is 11.4 Å². The minimum Gasteiger partial charge on any atom is -0.379 e. The molecule has 2 aromatic carbocycles. The van der Waals surface area contributed by atoms with Crippen LogP contribution in [0.25, 0.3) is 22.0 Å². The average molecular weight is 497 g/mol. The van der Waals surface area contributed by atoms with Gasteiger partial charge < -0.3 is 15.4 Å². The number of carbonyl (C=O) groups is 2. The fourth-order valence-corrected chi connectivity index (χ4v) is 4.58. The fraction of sp³-hybridized carbons (Fsp3) is 0.286. The predicted octanol–water partition coefficient (Wildman–Crippen LogP) is 4.06. The maximum atomic E-state index is 13.3. The lowest BCUT2D eigenvalue weighted by atomic mass is 10.0. The van der Waals surface area contributed by atoms with E-state index < -0.39 is 0 Å². The summed E-state index contributed by atoms with van der Waals surface area (Å²) >= 11 is 0. The molecule has 0 atom stereocenters. The first-order chi connectivity index (χ1) is 18.1. The van der Waals surface area contributed by atoms with Gasteiger partial charge in [-0.25, -0.2) is 0 Å². The van der Waals surface area contributed by atoms with Crippen LogP contribution in [-0.2, 0) is 16.1 Å². The molecular weight excluding hydrogens is 468 g/mol. The minimum absolute atomic E-state index is 0.0129. The van der Waals surface area contributed by atoms with E-state index >= 15 is 0 Å². The molecule has 3 N–H and O–H groups in total. The van der Waals surface area contributed by atoms with Gasteiger partial charge >= 0.3 is 0 Å². The molecule has 1 aliphatic carbocycles. The number of morpholine rings is 1. The Morgan fingerprint density at radius 2 is 1.76 bits per heavy atom. The number of benzene rings is 2. The van der Waals surface area contributed by atoms with E-state index in [4.69, 9.17) is 4.74 Å². The van der Waals surface area contributed by atoms with E-state index in [-0.39, 0.29) is 23.4 Å². The molecule has 2 fully saturated rings. The molecular formula is C28H28N6O3. The molecule has 37 heavy (non-hydrogen) atoms. The molecule has 1 aliphatic heterocycles. The smallest absolute Gasteiger partial charge is 0.276 e. The third-order valence-corrected chi connectivity index (χ3v) is 6.80. The highest BCUT2D eigenvalue weighted by Crippen LogP contribution is 2.32. The minimum atomic E-state index is -0.351. The zero-order valence-corrected chi connectivity index (χ0v) is 20.4. The molecule has 9 heteroatoms. The summed E-state index contributed by atoms with van der Waals surface area (Å²) < 4.78 is 5.45. The Hall–Kier alpha value is -4.08. The lowest BCUT2D eigenvalue weighted by molar-refractivity contribution is -0.117. The molecule has 2 amide bonds. The largest absolute Gasteiger partial charge is 0.379 e. The summed E-state index contributed by atoms with van der Waals surface area (Å²) in [7, 11) is 0. The Bertz CT molecular complexity index is 1460. The molecule has 4 aromatic rings. The van der Waals surface area contributed by atoms with Crippen LogP contribution >= 0.6 is 0 Å². The number of H-pyrrole nitrogens is 1. The van der Waals surface area contributed by atoms with Gasteiger partial charge in [-0.05, 0) is 54.3 Å². The molecule has 2 aromatic heterocycles. The average Bonchev–Trinajstić information content (AvgIpc) is 3.69. The summed E-state index contributed by atoms with van der Waals surface area (Å²) in [6, 6.07) is 15.2. The van der Waals surface area contributed by atoms with Gasteiger partial charge in [0.05, 0.1) is 30.1 Å². The van der Waals surface area contributed by atoms with E-state index in [0.29, 0.717) is 16.8 Å². The van der Waals surface area contributed by atoms with Crippen molar-refractivity contribution in [1.29, 1.82) is 0 Å². The van der Waals surface area contributed by atoms with Gasteiger partial charge in [0.1, 0.15) is 0 Å². The molecule has 1 saturated carbocycles. The lowest BCUT2D eigenvalue weighted by Crippen LogP contribution is -2.35. The number of aromatic amines is 1. The first-order valence-electron chi connectivity index (χ1n) is 12.6. The molecule has 0 bridgehead atoms. The number of aromatic nitrogens is 3. The number of amides is 2. The van der Waals surface area contributed by atoms with Gasteiger partial charge in [0.2, 0.25) is 5.91 Å². The Kier molecular flexibility index (Phi) is 6.38. The van der Waals surface area contributed by atoms with Crippen LogP contribution in [0, 0.1) is 5.92 Å². The normalized spacial score (nSPS) is 16.0. The van der Waals surface area contributed by atoms with Crippen LogP contribution in [0.1, 0.15) is 28.9 Å². The molecule has 6 rings (SSSR count). The summed E-state index contributed by atoms with van der Waals surface area (Å²) in [6.07, 6.45) is 5.55. The lowest BCUT2D eigenvalue weighted by Gasteiger charge is -2.26. The molecule has 9 nitrogen and oxygen atoms in total. The molecule has 188 valence electrons. The summed E-state index contributed by atoms with van der Waals surface area (Å²) in [5.41, 5.74) is 5.24. The highest BCUT2D eigenvalue weighted by atomic mass is 16.5. The van der Waals surface area contributed by atoms with Crippen LogP contribution < -0.4 is 10.6 Å². The number of carbonyl (C=O) groups excluding carboxylic acids is 2. The van der Waals surface area contributed by atoms with Gasteiger partial charge in [-0.15, -0.1) is 0 Å². The van der Waals surface area contributed by atoms with Crippen molar-refractivity contribution >= 4 is 34.1 Å². The van der Waals surface area contributed by atoms with E-state index in [1.54, 1.807) is 12.1 Å². The van der Waals surface area contributed by atoms with Gasteiger partial charge in [-0.1, -0.05) is 18.2 Å². The van der Waals surface area contributed by atoms with Crippen LogP contribution in [0.3, 0.4) is 0 Å². The van der Waals surface area contributed by atoms with Crippen molar-refractivity contribution < 1.29 is 14.3 Å². The van der Waals surface area contributed by atoms with Gasteiger partial charge in [0.15, 0.2) is 5.69 Å². The van der Waals surface area contributed by atoms with Crippen molar-refractivity contribution in [2.75, 3.05) is 36.9 Å². The summed E-state index contributed by atoms with van der Waals surface area (Å²) in [5.74, 6) is -0.295. The number of nitrogens with zero attached hydrogens (tertiary/aromatic N) is 3. The van der Waals surface area contributed by atoms with Crippen molar-refractivity contribution in [3.63, 3.8) is 0 Å². The van der Waals surface area contributed by atoms with Crippen LogP contribution in [0.2, 0.25) is 0 Å². The molecule has 0 radical (unpaired) electrons. The van der Waals surface area contributed by atoms with Crippen LogP contribution in [-0.4, -0.2) is 58.2 Å². The van der Waals surface area contributed by atoms with E-state index in [2.05, 4.69) is 36.8 Å². The van der Waals surface area contributed by atoms with E-state index in [9.17, 15) is 9.59 Å². The van der Waals surface area contributed by atoms with Crippen molar-refractivity contribution in [1.82, 2.24) is 20.1 Å². The Morgan fingerprint density at radius 1 is 0.973 bits per heavy atom. The van der Waals surface area contributed by atoms with E-state index in [1.807, 2.05) is 42.7 Å². The molecule has 0 unspecified atom stereocenters. The molecule has 2 aliphatic rings. The standard InChI is InChI=1S/C28H28N6O3/c35-27(19-5-6-19)30-24-3-1-2-4-25(24)31-28(36)26-22-14-20(7-8-23(22)32-33-26)21-13-18(15-29-16-21)17-34-9-11-37-12-10-34/h1-4,7-8,13-16,19H,5-6,9-12,17H2,(H,30,35)(H,31,36)(H,32,33). The second-order valence-corrected chi connectivity index (χ2v) is 9.57. The van der Waals surface area contributed by atoms with E-state index in [1.165, 1.54) is 0 Å². The van der Waals surface area contributed by atoms with Crippen molar-refractivity contribution in [3.8, 4) is 11.1 Å². The van der Waals surface area contributed by atoms with Gasteiger partial charge in [0, 0.05) is 48.9 Å². The number of nitrogens with one attached hydrogen (secondary N) is 3. The fourth-order valence-electron chi connectivity index (χ4n) is 4.58. The number of para-hydroxylation sites is 2. The van der Waals surface area contributed by atoms with E-state index in [0.717, 1.165) is 67.9 Å². The molecule has 3 heterocycles. The van der Waals surface area contributed by atoms with Gasteiger partial charge in [-0.2, -0.15) is 5.10 Å².